The first-order chi connectivity index (χ1) is 13.5. The summed E-state index contributed by atoms with van der Waals surface area (Å²) in [5, 5.41) is 7.51. The van der Waals surface area contributed by atoms with Gasteiger partial charge in [0.1, 0.15) is 0 Å². The van der Waals surface area contributed by atoms with E-state index < -0.39 is 0 Å². The number of aryl methyl sites for hydroxylation is 1. The van der Waals surface area contributed by atoms with Gasteiger partial charge in [0, 0.05) is 5.56 Å². The number of methoxy groups -OCH3 is 3. The summed E-state index contributed by atoms with van der Waals surface area (Å²) >= 11 is 0. The van der Waals surface area contributed by atoms with Gasteiger partial charge in [-0.05, 0) is 38.1 Å². The molecule has 28 heavy (non-hydrogen) atoms. The minimum Gasteiger partial charge on any atom is -0.493 e. The molecule has 1 N–H and O–H groups in total. The molecule has 146 valence electrons. The molecule has 0 saturated heterocycles. The number of hydrogen-bond acceptors (Lipinski definition) is 5. The van der Waals surface area contributed by atoms with Crippen LogP contribution in [0, 0.1) is 13.8 Å². The predicted molar refractivity (Wildman–Crippen MR) is 107 cm³/mol. The fourth-order valence-electron chi connectivity index (χ4n) is 3.04. The molecule has 1 heterocycles. The van der Waals surface area contributed by atoms with Crippen LogP contribution in [0.15, 0.2) is 42.5 Å². The minimum absolute atomic E-state index is 0.293. The molecule has 7 heteroatoms. The van der Waals surface area contributed by atoms with Gasteiger partial charge in [0.15, 0.2) is 11.5 Å². The van der Waals surface area contributed by atoms with Crippen molar-refractivity contribution >= 4 is 11.6 Å². The number of carbonyl (C=O) groups is 1. The zero-order valence-electron chi connectivity index (χ0n) is 16.6. The number of amides is 1. The average molecular weight is 381 g/mol. The molecule has 0 atom stereocenters. The Bertz CT molecular complexity index is 971. The zero-order valence-corrected chi connectivity index (χ0v) is 16.6. The van der Waals surface area contributed by atoms with E-state index in [9.17, 15) is 4.79 Å². The standard InChI is InChI=1S/C21H23N3O4/c1-13-19(14(2)24(23-13)16-9-7-6-8-10-16)22-21(25)15-11-17(26-3)20(28-5)18(12-15)27-4/h6-12H,1-5H3,(H,22,25). The Labute approximate surface area is 163 Å². The molecule has 1 amide bonds. The molecule has 0 fully saturated rings. The normalized spacial score (nSPS) is 10.5. The number of rotatable bonds is 6. The Morgan fingerprint density at radius 3 is 2.11 bits per heavy atom. The second-order valence-electron chi connectivity index (χ2n) is 6.16. The first-order valence-corrected chi connectivity index (χ1v) is 8.73. The van der Waals surface area contributed by atoms with Gasteiger partial charge in [-0.15, -0.1) is 0 Å². The van der Waals surface area contributed by atoms with Crippen molar-refractivity contribution in [3.8, 4) is 22.9 Å². The van der Waals surface area contributed by atoms with Crippen molar-refractivity contribution in [2.45, 2.75) is 13.8 Å². The third kappa shape index (κ3) is 3.51. The lowest BCUT2D eigenvalue weighted by molar-refractivity contribution is 0.102. The van der Waals surface area contributed by atoms with Gasteiger partial charge in [0.05, 0.1) is 44.1 Å². The number of para-hydroxylation sites is 1. The highest BCUT2D eigenvalue weighted by Crippen LogP contribution is 2.38. The molecule has 0 saturated carbocycles. The van der Waals surface area contributed by atoms with Crippen molar-refractivity contribution in [3.63, 3.8) is 0 Å². The summed E-state index contributed by atoms with van der Waals surface area (Å²) < 4.78 is 17.8. The van der Waals surface area contributed by atoms with Crippen LogP contribution >= 0.6 is 0 Å². The molecule has 0 radical (unpaired) electrons. The van der Waals surface area contributed by atoms with Crippen molar-refractivity contribution in [3.05, 3.63) is 59.4 Å². The summed E-state index contributed by atoms with van der Waals surface area (Å²) in [6.07, 6.45) is 0. The molecule has 3 rings (SSSR count). The van der Waals surface area contributed by atoms with Crippen LogP contribution in [0.4, 0.5) is 5.69 Å². The number of carbonyl (C=O) groups excluding carboxylic acids is 1. The lowest BCUT2D eigenvalue weighted by atomic mass is 10.1. The fourth-order valence-corrected chi connectivity index (χ4v) is 3.04. The van der Waals surface area contributed by atoms with Gasteiger partial charge in [-0.1, -0.05) is 18.2 Å². The monoisotopic (exact) mass is 381 g/mol. The molecule has 0 spiro atoms. The highest BCUT2D eigenvalue weighted by molar-refractivity contribution is 6.05. The largest absolute Gasteiger partial charge is 0.493 e. The summed E-state index contributed by atoms with van der Waals surface area (Å²) in [5.74, 6) is 0.977. The van der Waals surface area contributed by atoms with Gasteiger partial charge in [-0.2, -0.15) is 5.10 Å². The fraction of sp³-hybridized carbons (Fsp3) is 0.238. The van der Waals surface area contributed by atoms with Crippen LogP contribution in [0.5, 0.6) is 17.2 Å². The van der Waals surface area contributed by atoms with Gasteiger partial charge >= 0.3 is 0 Å². The van der Waals surface area contributed by atoms with Gasteiger partial charge in [-0.25, -0.2) is 4.68 Å². The quantitative estimate of drug-likeness (QED) is 0.704. The van der Waals surface area contributed by atoms with E-state index in [1.807, 2.05) is 44.2 Å². The van der Waals surface area contributed by atoms with E-state index in [4.69, 9.17) is 14.2 Å². The Hall–Kier alpha value is -3.48. The number of ether oxygens (including phenoxy) is 3. The number of aromatic nitrogens is 2. The van der Waals surface area contributed by atoms with Crippen molar-refractivity contribution < 1.29 is 19.0 Å². The van der Waals surface area contributed by atoms with Crippen molar-refractivity contribution in [1.29, 1.82) is 0 Å². The lowest BCUT2D eigenvalue weighted by Gasteiger charge is -2.14. The van der Waals surface area contributed by atoms with Crippen LogP contribution in [0.3, 0.4) is 0 Å². The molecule has 3 aromatic rings. The lowest BCUT2D eigenvalue weighted by Crippen LogP contribution is -2.14. The van der Waals surface area contributed by atoms with E-state index in [1.54, 1.807) is 16.8 Å². The smallest absolute Gasteiger partial charge is 0.256 e. The summed E-state index contributed by atoms with van der Waals surface area (Å²) in [6.45, 7) is 3.77. The van der Waals surface area contributed by atoms with E-state index in [1.165, 1.54) is 21.3 Å². The van der Waals surface area contributed by atoms with E-state index in [0.717, 1.165) is 17.1 Å². The molecule has 0 aliphatic carbocycles. The van der Waals surface area contributed by atoms with E-state index in [0.29, 0.717) is 28.5 Å². The van der Waals surface area contributed by atoms with E-state index in [-0.39, 0.29) is 5.91 Å². The summed E-state index contributed by atoms with van der Waals surface area (Å²) in [5.41, 5.74) is 3.55. The number of nitrogens with zero attached hydrogens (tertiary/aromatic N) is 2. The van der Waals surface area contributed by atoms with Crippen LogP contribution in [-0.2, 0) is 0 Å². The zero-order chi connectivity index (χ0) is 20.3. The Balaban J connectivity index is 1.95. The van der Waals surface area contributed by atoms with Crippen LogP contribution in [-0.4, -0.2) is 37.0 Å². The third-order valence-corrected chi connectivity index (χ3v) is 4.46. The van der Waals surface area contributed by atoms with Gasteiger partial charge in [0.2, 0.25) is 5.75 Å². The molecular formula is C21H23N3O4. The maximum atomic E-state index is 12.9. The third-order valence-electron chi connectivity index (χ3n) is 4.46. The Morgan fingerprint density at radius 2 is 1.57 bits per heavy atom. The molecule has 7 nitrogen and oxygen atoms in total. The van der Waals surface area contributed by atoms with Crippen molar-refractivity contribution in [2.24, 2.45) is 0 Å². The van der Waals surface area contributed by atoms with Crippen molar-refractivity contribution in [1.82, 2.24) is 9.78 Å². The minimum atomic E-state index is -0.293. The number of anilines is 1. The number of hydrogen-bond donors (Lipinski definition) is 1. The Morgan fingerprint density at radius 1 is 0.964 bits per heavy atom. The first kappa shape index (κ1) is 19.3. The van der Waals surface area contributed by atoms with Gasteiger partial charge in [-0.3, -0.25) is 4.79 Å². The molecule has 2 aromatic carbocycles. The van der Waals surface area contributed by atoms with Crippen LogP contribution in [0.2, 0.25) is 0 Å². The van der Waals surface area contributed by atoms with Crippen LogP contribution in [0.1, 0.15) is 21.7 Å². The second kappa shape index (κ2) is 8.04. The molecule has 0 bridgehead atoms. The summed E-state index contributed by atoms with van der Waals surface area (Å²) in [4.78, 5) is 12.9. The average Bonchev–Trinajstić information content (AvgIpc) is 3.01. The van der Waals surface area contributed by atoms with Crippen molar-refractivity contribution in [2.75, 3.05) is 26.6 Å². The van der Waals surface area contributed by atoms with Gasteiger partial charge in [0.25, 0.3) is 5.91 Å². The molecule has 0 aliphatic rings. The molecule has 0 unspecified atom stereocenters. The number of benzene rings is 2. The predicted octanol–water partition coefficient (Wildman–Crippen LogP) is 3.77. The molecule has 1 aromatic heterocycles. The highest BCUT2D eigenvalue weighted by Gasteiger charge is 2.20. The first-order valence-electron chi connectivity index (χ1n) is 8.73. The maximum Gasteiger partial charge on any atom is 0.256 e. The Kier molecular flexibility index (Phi) is 5.54. The highest BCUT2D eigenvalue weighted by atomic mass is 16.5. The van der Waals surface area contributed by atoms with E-state index >= 15 is 0 Å². The van der Waals surface area contributed by atoms with Crippen LogP contribution in [0.25, 0.3) is 5.69 Å². The van der Waals surface area contributed by atoms with E-state index in [2.05, 4.69) is 10.4 Å². The summed E-state index contributed by atoms with van der Waals surface area (Å²) in [6, 6.07) is 13.0. The SMILES string of the molecule is COc1cc(C(=O)Nc2c(C)nn(-c3ccccc3)c2C)cc(OC)c1OC. The molecule has 0 aliphatic heterocycles. The second-order valence-corrected chi connectivity index (χ2v) is 6.16. The van der Waals surface area contributed by atoms with Gasteiger partial charge < -0.3 is 19.5 Å². The number of nitrogens with one attached hydrogen (secondary N) is 1. The summed E-state index contributed by atoms with van der Waals surface area (Å²) in [7, 11) is 4.54. The maximum absolute atomic E-state index is 12.9. The topological polar surface area (TPSA) is 74.6 Å². The molecular weight excluding hydrogens is 358 g/mol. The van der Waals surface area contributed by atoms with Crippen LogP contribution < -0.4 is 19.5 Å².